The Kier molecular flexibility index (Phi) is 6.03. The highest BCUT2D eigenvalue weighted by Gasteiger charge is 2.09. The smallest absolute Gasteiger partial charge is 0.119 e. The molecular formula is C30H29NO2. The molecule has 4 aromatic carbocycles. The lowest BCUT2D eigenvalue weighted by atomic mass is 10.00. The van der Waals surface area contributed by atoms with Gasteiger partial charge in [-0.3, -0.25) is 0 Å². The molecule has 0 spiro atoms. The summed E-state index contributed by atoms with van der Waals surface area (Å²) in [6.07, 6.45) is 2.02. The quantitative estimate of drug-likeness (QED) is 0.266. The third kappa shape index (κ3) is 4.45. The van der Waals surface area contributed by atoms with E-state index in [2.05, 4.69) is 104 Å². The van der Waals surface area contributed by atoms with Gasteiger partial charge in [0.2, 0.25) is 0 Å². The minimum atomic E-state index is 0.747. The van der Waals surface area contributed by atoms with E-state index in [-0.39, 0.29) is 0 Å². The molecule has 0 saturated heterocycles. The van der Waals surface area contributed by atoms with Crippen molar-refractivity contribution in [3.8, 4) is 33.8 Å². The topological polar surface area (TPSA) is 34.2 Å². The molecule has 0 aliphatic rings. The van der Waals surface area contributed by atoms with Gasteiger partial charge in [0.05, 0.1) is 13.2 Å². The fraction of sp³-hybridized carbons (Fsp3) is 0.200. The number of fused-ring (bicyclic) bond motifs is 3. The van der Waals surface area contributed by atoms with Crippen molar-refractivity contribution in [1.82, 2.24) is 4.98 Å². The summed E-state index contributed by atoms with van der Waals surface area (Å²) < 4.78 is 11.5. The first-order chi connectivity index (χ1) is 16.2. The van der Waals surface area contributed by atoms with E-state index >= 15 is 0 Å². The second kappa shape index (κ2) is 9.41. The van der Waals surface area contributed by atoms with E-state index in [1.165, 1.54) is 33.0 Å². The second-order valence-electron chi connectivity index (χ2n) is 8.39. The normalized spacial score (nSPS) is 11.2. The first-order valence-corrected chi connectivity index (χ1v) is 11.8. The molecule has 0 saturated carbocycles. The zero-order chi connectivity index (χ0) is 22.6. The van der Waals surface area contributed by atoms with Crippen molar-refractivity contribution < 1.29 is 9.47 Å². The molecule has 1 heterocycles. The van der Waals surface area contributed by atoms with Gasteiger partial charge < -0.3 is 14.5 Å². The van der Waals surface area contributed by atoms with Crippen LogP contribution < -0.4 is 9.47 Å². The van der Waals surface area contributed by atoms with Crippen LogP contribution in [0.2, 0.25) is 0 Å². The van der Waals surface area contributed by atoms with Crippen molar-refractivity contribution in [3.05, 3.63) is 84.9 Å². The predicted molar refractivity (Wildman–Crippen MR) is 138 cm³/mol. The van der Waals surface area contributed by atoms with Crippen LogP contribution >= 0.6 is 0 Å². The Bertz CT molecular complexity index is 1260. The minimum absolute atomic E-state index is 0.747. The average Bonchev–Trinajstić information content (AvgIpc) is 3.24. The van der Waals surface area contributed by atoms with Crippen LogP contribution in [0.3, 0.4) is 0 Å². The number of aromatic nitrogens is 1. The number of ether oxygens (including phenoxy) is 2. The number of nitrogens with one attached hydrogen (secondary N) is 1. The number of H-pyrrole nitrogens is 1. The Morgan fingerprint density at radius 1 is 0.515 bits per heavy atom. The average molecular weight is 436 g/mol. The standard InChI is InChI=1S/C30H29NO2/c1-3-17-32-25-11-5-21(6-12-25)23-9-15-29-27(19-23)28-20-24(10-16-30(28)31-29)22-7-13-26(14-8-22)33-18-4-2/h5-16,19-20,31H,3-4,17-18H2,1-2H3. The van der Waals surface area contributed by atoms with Gasteiger partial charge in [-0.1, -0.05) is 50.2 Å². The first kappa shape index (κ1) is 21.1. The van der Waals surface area contributed by atoms with E-state index in [9.17, 15) is 0 Å². The van der Waals surface area contributed by atoms with Gasteiger partial charge in [-0.05, 0) is 83.6 Å². The van der Waals surface area contributed by atoms with E-state index in [1.54, 1.807) is 0 Å². The van der Waals surface area contributed by atoms with E-state index in [0.29, 0.717) is 0 Å². The van der Waals surface area contributed by atoms with Gasteiger partial charge in [0.1, 0.15) is 11.5 Å². The molecule has 0 bridgehead atoms. The maximum absolute atomic E-state index is 5.73. The van der Waals surface area contributed by atoms with Crippen molar-refractivity contribution >= 4 is 21.8 Å². The molecule has 166 valence electrons. The summed E-state index contributed by atoms with van der Waals surface area (Å²) in [6, 6.07) is 30.0. The zero-order valence-corrected chi connectivity index (χ0v) is 19.2. The maximum Gasteiger partial charge on any atom is 0.119 e. The number of rotatable bonds is 8. The summed E-state index contributed by atoms with van der Waals surface area (Å²) in [6.45, 7) is 5.73. The molecule has 0 radical (unpaired) electrons. The molecule has 0 aliphatic carbocycles. The van der Waals surface area contributed by atoms with Crippen LogP contribution in [0.25, 0.3) is 44.1 Å². The highest BCUT2D eigenvalue weighted by atomic mass is 16.5. The largest absolute Gasteiger partial charge is 0.494 e. The molecule has 0 fully saturated rings. The predicted octanol–water partition coefficient (Wildman–Crippen LogP) is 8.23. The Morgan fingerprint density at radius 3 is 1.30 bits per heavy atom. The third-order valence-corrected chi connectivity index (χ3v) is 5.92. The number of hydrogen-bond acceptors (Lipinski definition) is 2. The SMILES string of the molecule is CCCOc1ccc(-c2ccc3[nH]c4ccc(-c5ccc(OCCC)cc5)cc4c3c2)cc1. The molecule has 0 unspecified atom stereocenters. The third-order valence-electron chi connectivity index (χ3n) is 5.92. The molecule has 0 aliphatic heterocycles. The van der Waals surface area contributed by atoms with Crippen LogP contribution in [-0.4, -0.2) is 18.2 Å². The van der Waals surface area contributed by atoms with Gasteiger partial charge in [-0.15, -0.1) is 0 Å². The maximum atomic E-state index is 5.73. The summed E-state index contributed by atoms with van der Waals surface area (Å²) in [4.78, 5) is 3.56. The van der Waals surface area contributed by atoms with Gasteiger partial charge in [0.25, 0.3) is 0 Å². The van der Waals surface area contributed by atoms with E-state index < -0.39 is 0 Å². The molecular weight excluding hydrogens is 406 g/mol. The van der Waals surface area contributed by atoms with Crippen molar-refractivity contribution in [1.29, 1.82) is 0 Å². The molecule has 3 heteroatoms. The van der Waals surface area contributed by atoms with Crippen LogP contribution in [0.15, 0.2) is 84.9 Å². The number of hydrogen-bond donors (Lipinski definition) is 1. The van der Waals surface area contributed by atoms with Crippen LogP contribution in [0.4, 0.5) is 0 Å². The van der Waals surface area contributed by atoms with Crippen molar-refractivity contribution in [2.75, 3.05) is 13.2 Å². The Balaban J connectivity index is 1.48. The molecule has 1 aromatic heterocycles. The lowest BCUT2D eigenvalue weighted by molar-refractivity contribution is 0.317. The van der Waals surface area contributed by atoms with Crippen LogP contribution in [-0.2, 0) is 0 Å². The van der Waals surface area contributed by atoms with Crippen LogP contribution in [0.5, 0.6) is 11.5 Å². The van der Waals surface area contributed by atoms with Gasteiger partial charge in [0, 0.05) is 21.8 Å². The summed E-state index contributed by atoms with van der Waals surface area (Å²) in [5, 5.41) is 2.47. The summed E-state index contributed by atoms with van der Waals surface area (Å²) >= 11 is 0. The van der Waals surface area contributed by atoms with E-state index in [1.807, 2.05) is 0 Å². The molecule has 5 aromatic rings. The highest BCUT2D eigenvalue weighted by molar-refractivity contribution is 6.09. The fourth-order valence-corrected chi connectivity index (χ4v) is 4.18. The Labute approximate surface area is 195 Å². The van der Waals surface area contributed by atoms with Gasteiger partial charge in [-0.25, -0.2) is 0 Å². The molecule has 0 amide bonds. The first-order valence-electron chi connectivity index (χ1n) is 11.8. The van der Waals surface area contributed by atoms with Crippen molar-refractivity contribution in [2.45, 2.75) is 26.7 Å². The zero-order valence-electron chi connectivity index (χ0n) is 19.2. The van der Waals surface area contributed by atoms with Gasteiger partial charge in [-0.2, -0.15) is 0 Å². The Hall–Kier alpha value is -3.72. The second-order valence-corrected chi connectivity index (χ2v) is 8.39. The van der Waals surface area contributed by atoms with Crippen LogP contribution in [0.1, 0.15) is 26.7 Å². The highest BCUT2D eigenvalue weighted by Crippen LogP contribution is 2.33. The summed E-state index contributed by atoms with van der Waals surface area (Å²) in [5.41, 5.74) is 7.08. The Morgan fingerprint density at radius 2 is 0.909 bits per heavy atom. The van der Waals surface area contributed by atoms with Crippen molar-refractivity contribution in [3.63, 3.8) is 0 Å². The molecule has 5 rings (SSSR count). The number of benzene rings is 4. The lowest BCUT2D eigenvalue weighted by Gasteiger charge is -2.07. The van der Waals surface area contributed by atoms with E-state index in [4.69, 9.17) is 9.47 Å². The van der Waals surface area contributed by atoms with Gasteiger partial charge >= 0.3 is 0 Å². The lowest BCUT2D eigenvalue weighted by Crippen LogP contribution is -1.94. The minimum Gasteiger partial charge on any atom is -0.494 e. The van der Waals surface area contributed by atoms with Crippen LogP contribution in [0, 0.1) is 0 Å². The molecule has 33 heavy (non-hydrogen) atoms. The summed E-state index contributed by atoms with van der Waals surface area (Å²) in [5.74, 6) is 1.84. The van der Waals surface area contributed by atoms with E-state index in [0.717, 1.165) is 48.6 Å². The van der Waals surface area contributed by atoms with Crippen molar-refractivity contribution in [2.24, 2.45) is 0 Å². The monoisotopic (exact) mass is 435 g/mol. The molecule has 0 atom stereocenters. The molecule has 3 nitrogen and oxygen atoms in total. The summed E-state index contributed by atoms with van der Waals surface area (Å²) in [7, 11) is 0. The fourth-order valence-electron chi connectivity index (χ4n) is 4.18. The number of aromatic amines is 1. The molecule has 1 N–H and O–H groups in total. The van der Waals surface area contributed by atoms with Gasteiger partial charge in [0.15, 0.2) is 0 Å².